The number of unbranched alkanes of at least 4 members (excludes halogenated alkanes) is 2. The highest BCUT2D eigenvalue weighted by Gasteiger charge is 2.16. The zero-order chi connectivity index (χ0) is 14.2. The standard InChI is InChI=1S/C17H29N3/c1-16-7-6-8-17(15-16)20-13-11-19(12-14-20)10-5-3-4-9-18-2/h6-8,15,18H,3-5,9-14H2,1-2H3. The first-order chi connectivity index (χ1) is 9.79. The van der Waals surface area contributed by atoms with E-state index >= 15 is 0 Å². The number of hydrogen-bond acceptors (Lipinski definition) is 3. The molecule has 0 aromatic heterocycles. The van der Waals surface area contributed by atoms with Crippen LogP contribution in [0.1, 0.15) is 24.8 Å². The molecule has 0 aliphatic carbocycles. The molecule has 1 aliphatic rings. The number of nitrogens with zero attached hydrogens (tertiary/aromatic N) is 2. The van der Waals surface area contributed by atoms with Gasteiger partial charge < -0.3 is 10.2 Å². The van der Waals surface area contributed by atoms with Crippen molar-refractivity contribution in [1.82, 2.24) is 10.2 Å². The van der Waals surface area contributed by atoms with E-state index in [1.807, 2.05) is 7.05 Å². The molecule has 0 unspecified atom stereocenters. The van der Waals surface area contributed by atoms with Crippen LogP contribution in [0.15, 0.2) is 24.3 Å². The van der Waals surface area contributed by atoms with E-state index in [2.05, 4.69) is 46.3 Å². The Morgan fingerprint density at radius 1 is 1.05 bits per heavy atom. The maximum absolute atomic E-state index is 3.21. The summed E-state index contributed by atoms with van der Waals surface area (Å²) in [5.74, 6) is 0. The van der Waals surface area contributed by atoms with Gasteiger partial charge in [0.1, 0.15) is 0 Å². The lowest BCUT2D eigenvalue weighted by Crippen LogP contribution is -2.46. The Morgan fingerprint density at radius 3 is 2.55 bits per heavy atom. The van der Waals surface area contributed by atoms with Crippen LogP contribution in [0.2, 0.25) is 0 Å². The monoisotopic (exact) mass is 275 g/mol. The molecule has 3 heteroatoms. The highest BCUT2D eigenvalue weighted by atomic mass is 15.3. The molecule has 2 rings (SSSR count). The number of piperazine rings is 1. The molecule has 1 aromatic carbocycles. The van der Waals surface area contributed by atoms with Gasteiger partial charge >= 0.3 is 0 Å². The molecule has 20 heavy (non-hydrogen) atoms. The van der Waals surface area contributed by atoms with Gasteiger partial charge in [0.2, 0.25) is 0 Å². The van der Waals surface area contributed by atoms with E-state index in [4.69, 9.17) is 0 Å². The minimum atomic E-state index is 1.15. The zero-order valence-corrected chi connectivity index (χ0v) is 13.1. The summed E-state index contributed by atoms with van der Waals surface area (Å²) in [6.45, 7) is 9.34. The highest BCUT2D eigenvalue weighted by molar-refractivity contribution is 5.48. The smallest absolute Gasteiger partial charge is 0.0369 e. The molecule has 1 heterocycles. The average molecular weight is 275 g/mol. The van der Waals surface area contributed by atoms with Gasteiger partial charge in [-0.05, 0) is 57.6 Å². The molecule has 1 aliphatic heterocycles. The predicted molar refractivity (Wildman–Crippen MR) is 87.6 cm³/mol. The van der Waals surface area contributed by atoms with E-state index in [9.17, 15) is 0 Å². The average Bonchev–Trinajstić information content (AvgIpc) is 2.48. The summed E-state index contributed by atoms with van der Waals surface area (Å²) < 4.78 is 0. The Balaban J connectivity index is 1.67. The molecule has 112 valence electrons. The Bertz CT molecular complexity index is 384. The van der Waals surface area contributed by atoms with Gasteiger partial charge in [0.15, 0.2) is 0 Å². The molecule has 0 radical (unpaired) electrons. The number of nitrogens with one attached hydrogen (secondary N) is 1. The first kappa shape index (κ1) is 15.3. The van der Waals surface area contributed by atoms with E-state index in [0.717, 1.165) is 6.54 Å². The van der Waals surface area contributed by atoms with Gasteiger partial charge in [-0.3, -0.25) is 4.90 Å². The van der Waals surface area contributed by atoms with E-state index in [0.29, 0.717) is 0 Å². The Kier molecular flexibility index (Phi) is 6.34. The van der Waals surface area contributed by atoms with Gasteiger partial charge in [-0.2, -0.15) is 0 Å². The van der Waals surface area contributed by atoms with Gasteiger partial charge in [-0.1, -0.05) is 18.6 Å². The van der Waals surface area contributed by atoms with Crippen LogP contribution in [0.3, 0.4) is 0 Å². The Morgan fingerprint density at radius 2 is 1.85 bits per heavy atom. The van der Waals surface area contributed by atoms with E-state index in [1.165, 1.54) is 63.2 Å². The number of hydrogen-bond donors (Lipinski definition) is 1. The van der Waals surface area contributed by atoms with E-state index in [-0.39, 0.29) is 0 Å². The molecule has 0 spiro atoms. The first-order valence-corrected chi connectivity index (χ1v) is 7.98. The fourth-order valence-corrected chi connectivity index (χ4v) is 2.87. The van der Waals surface area contributed by atoms with Gasteiger partial charge in [0, 0.05) is 31.9 Å². The molecule has 1 saturated heterocycles. The maximum atomic E-state index is 3.21. The minimum Gasteiger partial charge on any atom is -0.369 e. The molecule has 1 fully saturated rings. The van der Waals surface area contributed by atoms with Crippen molar-refractivity contribution in [2.75, 3.05) is 51.2 Å². The lowest BCUT2D eigenvalue weighted by atomic mass is 10.2. The zero-order valence-electron chi connectivity index (χ0n) is 13.1. The van der Waals surface area contributed by atoms with Crippen LogP contribution in [0.25, 0.3) is 0 Å². The van der Waals surface area contributed by atoms with Crippen molar-refractivity contribution in [3.05, 3.63) is 29.8 Å². The summed E-state index contributed by atoms with van der Waals surface area (Å²) in [6.07, 6.45) is 3.99. The van der Waals surface area contributed by atoms with Crippen molar-refractivity contribution in [3.63, 3.8) is 0 Å². The third kappa shape index (κ3) is 4.80. The van der Waals surface area contributed by atoms with E-state index in [1.54, 1.807) is 0 Å². The van der Waals surface area contributed by atoms with Crippen molar-refractivity contribution in [2.24, 2.45) is 0 Å². The maximum Gasteiger partial charge on any atom is 0.0369 e. The van der Waals surface area contributed by atoms with Crippen molar-refractivity contribution in [2.45, 2.75) is 26.2 Å². The summed E-state index contributed by atoms with van der Waals surface area (Å²) in [5.41, 5.74) is 2.74. The van der Waals surface area contributed by atoms with E-state index < -0.39 is 0 Å². The molecule has 0 atom stereocenters. The second-order valence-corrected chi connectivity index (χ2v) is 5.83. The quantitative estimate of drug-likeness (QED) is 0.771. The fraction of sp³-hybridized carbons (Fsp3) is 0.647. The van der Waals surface area contributed by atoms with Crippen LogP contribution < -0.4 is 10.2 Å². The summed E-state index contributed by atoms with van der Waals surface area (Å²) in [7, 11) is 2.03. The van der Waals surface area contributed by atoms with Crippen molar-refractivity contribution < 1.29 is 0 Å². The lowest BCUT2D eigenvalue weighted by Gasteiger charge is -2.36. The van der Waals surface area contributed by atoms with Crippen molar-refractivity contribution in [3.8, 4) is 0 Å². The van der Waals surface area contributed by atoms with Crippen molar-refractivity contribution >= 4 is 5.69 Å². The lowest BCUT2D eigenvalue weighted by molar-refractivity contribution is 0.252. The summed E-state index contributed by atoms with van der Waals surface area (Å²) in [4.78, 5) is 5.14. The molecule has 0 saturated carbocycles. The fourth-order valence-electron chi connectivity index (χ4n) is 2.87. The van der Waals surface area contributed by atoms with Crippen LogP contribution in [0, 0.1) is 6.92 Å². The number of rotatable bonds is 7. The highest BCUT2D eigenvalue weighted by Crippen LogP contribution is 2.17. The molecule has 0 bridgehead atoms. The second-order valence-electron chi connectivity index (χ2n) is 5.83. The van der Waals surface area contributed by atoms with Crippen LogP contribution in [-0.4, -0.2) is 51.2 Å². The minimum absolute atomic E-state index is 1.15. The van der Waals surface area contributed by atoms with Crippen LogP contribution in [0.4, 0.5) is 5.69 Å². The van der Waals surface area contributed by atoms with Gasteiger partial charge in [0.05, 0.1) is 0 Å². The van der Waals surface area contributed by atoms with Gasteiger partial charge in [0.25, 0.3) is 0 Å². The first-order valence-electron chi connectivity index (χ1n) is 7.98. The third-order valence-electron chi connectivity index (χ3n) is 4.14. The van der Waals surface area contributed by atoms with Gasteiger partial charge in [-0.25, -0.2) is 0 Å². The molecule has 1 N–H and O–H groups in total. The van der Waals surface area contributed by atoms with Crippen molar-refractivity contribution in [1.29, 1.82) is 0 Å². The van der Waals surface area contributed by atoms with Crippen LogP contribution in [-0.2, 0) is 0 Å². The molecular formula is C17H29N3. The second kappa shape index (κ2) is 8.28. The number of anilines is 1. The SMILES string of the molecule is CNCCCCCN1CCN(c2cccc(C)c2)CC1. The topological polar surface area (TPSA) is 18.5 Å². The third-order valence-corrected chi connectivity index (χ3v) is 4.14. The predicted octanol–water partition coefficient (Wildman–Crippen LogP) is 2.51. The summed E-state index contributed by atoms with van der Waals surface area (Å²) in [5, 5.41) is 3.21. The largest absolute Gasteiger partial charge is 0.369 e. The summed E-state index contributed by atoms with van der Waals surface area (Å²) >= 11 is 0. The Hall–Kier alpha value is -1.06. The molecule has 3 nitrogen and oxygen atoms in total. The number of benzene rings is 1. The molecule has 1 aromatic rings. The molecular weight excluding hydrogens is 246 g/mol. The normalized spacial score (nSPS) is 16.6. The van der Waals surface area contributed by atoms with Crippen LogP contribution in [0.5, 0.6) is 0 Å². The number of aryl methyl sites for hydroxylation is 1. The van der Waals surface area contributed by atoms with Gasteiger partial charge in [-0.15, -0.1) is 0 Å². The summed E-state index contributed by atoms with van der Waals surface area (Å²) in [6, 6.07) is 8.87. The molecule has 0 amide bonds. The van der Waals surface area contributed by atoms with Crippen LogP contribution >= 0.6 is 0 Å². The Labute approximate surface area is 124 Å².